The van der Waals surface area contributed by atoms with Gasteiger partial charge < -0.3 is 9.64 Å². The zero-order valence-corrected chi connectivity index (χ0v) is 15.6. The Hall–Kier alpha value is -1.65. The van der Waals surface area contributed by atoms with E-state index in [1.807, 2.05) is 0 Å². The Bertz CT molecular complexity index is 753. The van der Waals surface area contributed by atoms with Crippen LogP contribution >= 0.6 is 17.0 Å². The fourth-order valence-electron chi connectivity index (χ4n) is 4.06. The van der Waals surface area contributed by atoms with E-state index in [9.17, 15) is 0 Å². The number of nitrogens with one attached hydrogen (secondary N) is 1. The minimum atomic E-state index is -0.199. The first-order valence-electron chi connectivity index (χ1n) is 8.31. The van der Waals surface area contributed by atoms with E-state index in [1.54, 1.807) is 0 Å². The zero-order valence-electron chi connectivity index (χ0n) is 13.9. The van der Waals surface area contributed by atoms with Crippen LogP contribution in [0.2, 0.25) is 0 Å². The molecule has 24 heavy (non-hydrogen) atoms. The summed E-state index contributed by atoms with van der Waals surface area (Å²) in [6, 6.07) is 17.0. The Balaban J connectivity index is 0.00000169. The summed E-state index contributed by atoms with van der Waals surface area (Å²) in [5.41, 5.74) is 4.85. The summed E-state index contributed by atoms with van der Waals surface area (Å²) in [5, 5.41) is 9.02. The summed E-state index contributed by atoms with van der Waals surface area (Å²) in [6.45, 7) is 4.37. The lowest BCUT2D eigenvalue weighted by molar-refractivity contribution is 0.0691. The van der Waals surface area contributed by atoms with Crippen molar-refractivity contribution in [1.82, 2.24) is 0 Å². The van der Waals surface area contributed by atoms with E-state index in [1.165, 1.54) is 16.7 Å². The molecule has 0 aliphatic carbocycles. The number of rotatable bonds is 1. The van der Waals surface area contributed by atoms with Crippen molar-refractivity contribution in [1.29, 1.82) is 5.41 Å². The zero-order chi connectivity index (χ0) is 15.9. The van der Waals surface area contributed by atoms with Crippen LogP contribution in [-0.4, -0.2) is 19.0 Å². The van der Waals surface area contributed by atoms with E-state index >= 15 is 0 Å². The molecule has 4 rings (SSSR count). The van der Waals surface area contributed by atoms with Gasteiger partial charge in [-0.2, -0.15) is 0 Å². The molecule has 0 radical (unpaired) electrons. The van der Waals surface area contributed by atoms with Gasteiger partial charge in [-0.05, 0) is 42.5 Å². The maximum atomic E-state index is 9.02. The molecule has 0 saturated carbocycles. The second-order valence-electron chi connectivity index (χ2n) is 6.57. The summed E-state index contributed by atoms with van der Waals surface area (Å²) < 4.78 is 5.61. The molecule has 2 aliphatic rings. The molecule has 0 unspecified atom stereocenters. The highest BCUT2D eigenvalue weighted by Gasteiger charge is 2.45. The number of para-hydroxylation sites is 1. The van der Waals surface area contributed by atoms with E-state index < -0.39 is 0 Å². The predicted octanol–water partition coefficient (Wildman–Crippen LogP) is 4.62. The average Bonchev–Trinajstić information content (AvgIpc) is 2.60. The van der Waals surface area contributed by atoms with Crippen LogP contribution in [0.5, 0.6) is 0 Å². The van der Waals surface area contributed by atoms with Crippen LogP contribution < -0.4 is 4.90 Å². The number of halogens is 1. The van der Waals surface area contributed by atoms with Gasteiger partial charge in [0.2, 0.25) is 0 Å². The number of ether oxygens (including phenoxy) is 1. The highest BCUT2D eigenvalue weighted by molar-refractivity contribution is 8.93. The third kappa shape index (κ3) is 2.58. The van der Waals surface area contributed by atoms with Crippen LogP contribution in [0.1, 0.15) is 29.5 Å². The number of amidine groups is 1. The van der Waals surface area contributed by atoms with Gasteiger partial charge in [0, 0.05) is 25.4 Å². The van der Waals surface area contributed by atoms with E-state index in [4.69, 9.17) is 10.1 Å². The quantitative estimate of drug-likeness (QED) is 0.775. The summed E-state index contributed by atoms with van der Waals surface area (Å²) in [5.74, 6) is 0.730. The van der Waals surface area contributed by atoms with Crippen molar-refractivity contribution in [3.05, 3.63) is 65.2 Å². The molecule has 2 heterocycles. The molecule has 1 N–H and O–H groups in total. The average molecular weight is 387 g/mol. The van der Waals surface area contributed by atoms with Crippen LogP contribution in [0.25, 0.3) is 0 Å². The van der Waals surface area contributed by atoms with E-state index in [0.717, 1.165) is 44.1 Å². The maximum absolute atomic E-state index is 9.02. The van der Waals surface area contributed by atoms with Gasteiger partial charge in [-0.1, -0.05) is 42.5 Å². The van der Waals surface area contributed by atoms with E-state index in [2.05, 4.69) is 60.4 Å². The van der Waals surface area contributed by atoms with Crippen LogP contribution in [0.4, 0.5) is 5.69 Å². The molecule has 0 amide bonds. The Kier molecular flexibility index (Phi) is 4.79. The fraction of sp³-hybridized carbons (Fsp3) is 0.350. The standard InChI is InChI=1S/C20H22N2O.BrH/c1-15-6-2-5-9-18(15)22-14-16-7-3-4-8-17(16)20(19(22)21)10-12-23-13-11-20;/h2-9,21H,10-14H2,1H3;1H. The third-order valence-electron chi connectivity index (χ3n) is 5.34. The highest BCUT2D eigenvalue weighted by atomic mass is 79.9. The Morgan fingerprint density at radius 2 is 1.67 bits per heavy atom. The van der Waals surface area contributed by atoms with Crippen LogP contribution in [0, 0.1) is 12.3 Å². The molecule has 0 aromatic heterocycles. The van der Waals surface area contributed by atoms with E-state index in [0.29, 0.717) is 0 Å². The molecule has 4 heteroatoms. The molecule has 0 bridgehead atoms. The van der Waals surface area contributed by atoms with Crippen molar-refractivity contribution in [2.75, 3.05) is 18.1 Å². The summed E-state index contributed by atoms with van der Waals surface area (Å²) in [6.07, 6.45) is 1.79. The molecule has 1 saturated heterocycles. The smallest absolute Gasteiger partial charge is 0.112 e. The van der Waals surface area contributed by atoms with Crippen molar-refractivity contribution in [2.24, 2.45) is 0 Å². The van der Waals surface area contributed by atoms with Crippen LogP contribution in [0.3, 0.4) is 0 Å². The van der Waals surface area contributed by atoms with Gasteiger partial charge in [0.15, 0.2) is 0 Å². The second kappa shape index (κ2) is 6.69. The van der Waals surface area contributed by atoms with Gasteiger partial charge in [0.25, 0.3) is 0 Å². The number of anilines is 1. The summed E-state index contributed by atoms with van der Waals surface area (Å²) >= 11 is 0. The monoisotopic (exact) mass is 386 g/mol. The largest absolute Gasteiger partial charge is 0.381 e. The van der Waals surface area contributed by atoms with Gasteiger partial charge >= 0.3 is 0 Å². The normalized spacial score (nSPS) is 18.9. The van der Waals surface area contributed by atoms with E-state index in [-0.39, 0.29) is 22.4 Å². The molecule has 126 valence electrons. The van der Waals surface area contributed by atoms with Gasteiger partial charge in [0.1, 0.15) is 5.84 Å². The number of benzene rings is 2. The first-order chi connectivity index (χ1) is 11.2. The number of hydrogen-bond acceptors (Lipinski definition) is 2. The van der Waals surface area contributed by atoms with Crippen molar-refractivity contribution >= 4 is 28.5 Å². The van der Waals surface area contributed by atoms with Gasteiger partial charge in [0.05, 0.1) is 5.41 Å². The van der Waals surface area contributed by atoms with Crippen LogP contribution in [-0.2, 0) is 16.7 Å². The first kappa shape index (κ1) is 17.2. The topological polar surface area (TPSA) is 36.3 Å². The molecule has 2 aromatic rings. The minimum Gasteiger partial charge on any atom is -0.381 e. The lowest BCUT2D eigenvalue weighted by atomic mass is 9.68. The molecule has 1 spiro atoms. The van der Waals surface area contributed by atoms with Crippen LogP contribution in [0.15, 0.2) is 48.5 Å². The predicted molar refractivity (Wildman–Crippen MR) is 104 cm³/mol. The molecular weight excluding hydrogens is 364 g/mol. The van der Waals surface area contributed by atoms with Crippen molar-refractivity contribution < 1.29 is 4.74 Å². The minimum absolute atomic E-state index is 0. The number of fused-ring (bicyclic) bond motifs is 2. The van der Waals surface area contributed by atoms with Gasteiger partial charge in [-0.3, -0.25) is 5.41 Å². The maximum Gasteiger partial charge on any atom is 0.112 e. The number of nitrogens with zero attached hydrogens (tertiary/aromatic N) is 1. The lowest BCUT2D eigenvalue weighted by Gasteiger charge is -2.47. The molecule has 2 aliphatic heterocycles. The molecule has 2 aromatic carbocycles. The van der Waals surface area contributed by atoms with Gasteiger partial charge in [-0.25, -0.2) is 0 Å². The molecular formula is C20H23BrN2O. The highest BCUT2D eigenvalue weighted by Crippen LogP contribution is 2.44. The Morgan fingerprint density at radius 3 is 2.42 bits per heavy atom. The van der Waals surface area contributed by atoms with Gasteiger partial charge in [-0.15, -0.1) is 17.0 Å². The first-order valence-corrected chi connectivity index (χ1v) is 8.31. The molecule has 1 fully saturated rings. The van der Waals surface area contributed by atoms with Crippen molar-refractivity contribution in [3.8, 4) is 0 Å². The Morgan fingerprint density at radius 1 is 1.00 bits per heavy atom. The van der Waals surface area contributed by atoms with Crippen molar-refractivity contribution in [3.63, 3.8) is 0 Å². The Labute approximate surface area is 153 Å². The molecule has 3 nitrogen and oxygen atoms in total. The number of aryl methyl sites for hydroxylation is 1. The third-order valence-corrected chi connectivity index (χ3v) is 5.34. The summed E-state index contributed by atoms with van der Waals surface area (Å²) in [4.78, 5) is 2.20. The van der Waals surface area contributed by atoms with Crippen molar-refractivity contribution in [2.45, 2.75) is 31.7 Å². The SMILES string of the molecule is Br.Cc1ccccc1N1Cc2ccccc2C2(CCOCC2)C1=N. The lowest BCUT2D eigenvalue weighted by Crippen LogP contribution is -2.53. The summed E-state index contributed by atoms with van der Waals surface area (Å²) in [7, 11) is 0. The second-order valence-corrected chi connectivity index (χ2v) is 6.57. The molecule has 0 atom stereocenters. The number of hydrogen-bond donors (Lipinski definition) is 1. The fourth-order valence-corrected chi connectivity index (χ4v) is 4.06.